The van der Waals surface area contributed by atoms with Crippen LogP contribution in [0.5, 0.6) is 0 Å². The lowest BCUT2D eigenvalue weighted by atomic mass is 9.91. The van der Waals surface area contributed by atoms with Crippen molar-refractivity contribution < 1.29 is 0 Å². The summed E-state index contributed by atoms with van der Waals surface area (Å²) in [6, 6.07) is 0. The molecule has 0 N–H and O–H groups in total. The van der Waals surface area contributed by atoms with Crippen molar-refractivity contribution in [1.82, 2.24) is 0 Å². The van der Waals surface area contributed by atoms with Crippen molar-refractivity contribution in [3.05, 3.63) is 48.1 Å². The van der Waals surface area contributed by atoms with E-state index < -0.39 is 0 Å². The Morgan fingerprint density at radius 3 is 1.32 bits per heavy atom. The fraction of sp³-hybridized carbons (Fsp3) is 0.714. The van der Waals surface area contributed by atoms with Crippen molar-refractivity contribution in [2.75, 3.05) is 0 Å². The van der Waals surface area contributed by atoms with E-state index in [-0.39, 0.29) is 0 Å². The Morgan fingerprint density at radius 2 is 1.25 bits per heavy atom. The molecular formula is C28H56. The van der Waals surface area contributed by atoms with Crippen LogP contribution in [0.25, 0.3) is 0 Å². The van der Waals surface area contributed by atoms with Crippen molar-refractivity contribution in [1.29, 1.82) is 0 Å². The fourth-order valence-corrected chi connectivity index (χ4v) is 1.59. The zero-order valence-electron chi connectivity index (χ0n) is 21.9. The van der Waals surface area contributed by atoms with Gasteiger partial charge in [0.25, 0.3) is 0 Å². The second-order valence-corrected chi connectivity index (χ2v) is 8.08. The van der Waals surface area contributed by atoms with Crippen LogP contribution >= 0.6 is 0 Å². The lowest BCUT2D eigenvalue weighted by Gasteiger charge is -2.14. The maximum Gasteiger partial charge on any atom is -0.0180 e. The van der Waals surface area contributed by atoms with Gasteiger partial charge in [0, 0.05) is 0 Å². The quantitative estimate of drug-likeness (QED) is 0.360. The van der Waals surface area contributed by atoms with E-state index in [1.165, 1.54) is 49.7 Å². The summed E-state index contributed by atoms with van der Waals surface area (Å²) in [6.07, 6.45) is 18.0. The Bertz CT molecular complexity index is 370. The minimum Gasteiger partial charge on any atom is -0.103 e. The highest BCUT2D eigenvalue weighted by atomic mass is 14.1. The van der Waals surface area contributed by atoms with E-state index in [1.54, 1.807) is 0 Å². The van der Waals surface area contributed by atoms with Gasteiger partial charge in [0.1, 0.15) is 0 Å². The maximum absolute atomic E-state index is 3.70. The van der Waals surface area contributed by atoms with Crippen LogP contribution < -0.4 is 0 Å². The Kier molecular flexibility index (Phi) is 32.0. The zero-order valence-corrected chi connectivity index (χ0v) is 21.9. The van der Waals surface area contributed by atoms with Gasteiger partial charge in [-0.05, 0) is 64.2 Å². The van der Waals surface area contributed by atoms with E-state index in [2.05, 4.69) is 114 Å². The van der Waals surface area contributed by atoms with Gasteiger partial charge < -0.3 is 0 Å². The van der Waals surface area contributed by atoms with E-state index >= 15 is 0 Å². The third kappa shape index (κ3) is 36.0. The molecule has 0 radical (unpaired) electrons. The van der Waals surface area contributed by atoms with E-state index in [0.29, 0.717) is 5.41 Å². The summed E-state index contributed by atoms with van der Waals surface area (Å²) < 4.78 is 0. The molecule has 28 heavy (non-hydrogen) atoms. The monoisotopic (exact) mass is 392 g/mol. The van der Waals surface area contributed by atoms with Gasteiger partial charge in [0.05, 0.1) is 0 Å². The van der Waals surface area contributed by atoms with Crippen LogP contribution in [0.15, 0.2) is 48.1 Å². The zero-order chi connectivity index (χ0) is 23.0. The number of hydrogen-bond acceptors (Lipinski definition) is 0. The molecule has 0 fully saturated rings. The molecule has 0 unspecified atom stereocenters. The van der Waals surface area contributed by atoms with Gasteiger partial charge in [0.2, 0.25) is 0 Å². The van der Waals surface area contributed by atoms with E-state index in [9.17, 15) is 0 Å². The Balaban J connectivity index is -0.000000137. The van der Waals surface area contributed by atoms with E-state index in [4.69, 9.17) is 0 Å². The van der Waals surface area contributed by atoms with Gasteiger partial charge in [0.15, 0.2) is 0 Å². The van der Waals surface area contributed by atoms with Crippen molar-refractivity contribution in [2.24, 2.45) is 11.3 Å². The first-order valence-corrected chi connectivity index (χ1v) is 11.6. The standard InChI is InChI=1S/4C7H14/c1-5-7(3,4)6-2;3*1-4-6-7(3)5-2/h5H,1,6H2,2-4H3;2*6H,4-5H2,1-3H3;4,6-7H,5H2,1-3H3/b;7-6+;7-6-;6-4-/t;;;7-/m...1/s1. The van der Waals surface area contributed by atoms with Crippen LogP contribution in [0.2, 0.25) is 0 Å². The highest BCUT2D eigenvalue weighted by molar-refractivity contribution is 4.95. The Hall–Kier alpha value is -1.04. The van der Waals surface area contributed by atoms with Crippen molar-refractivity contribution >= 4 is 0 Å². The molecule has 0 heterocycles. The summed E-state index contributed by atoms with van der Waals surface area (Å²) in [6.45, 7) is 29.8. The second kappa shape index (κ2) is 26.0. The molecule has 0 rings (SSSR count). The average molecular weight is 393 g/mol. The number of rotatable bonds is 8. The SMILES string of the molecule is C/C=C\[C@H](C)CC.C=CC(C)(C)CC.CC/C=C(/C)CC.CC/C=C(\C)CC. The highest BCUT2D eigenvalue weighted by Gasteiger charge is 2.06. The number of allylic oxidation sites excluding steroid dienone is 7. The Labute approximate surface area is 181 Å². The molecule has 0 saturated carbocycles. The van der Waals surface area contributed by atoms with E-state index in [0.717, 1.165) is 5.92 Å². The van der Waals surface area contributed by atoms with Crippen LogP contribution in [0.4, 0.5) is 0 Å². The first kappa shape index (κ1) is 34.5. The first-order chi connectivity index (χ1) is 13.0. The summed E-state index contributed by atoms with van der Waals surface area (Å²) in [5, 5.41) is 0. The summed E-state index contributed by atoms with van der Waals surface area (Å²) in [7, 11) is 0. The molecule has 0 aromatic heterocycles. The maximum atomic E-state index is 3.70. The van der Waals surface area contributed by atoms with Crippen molar-refractivity contribution in [3.8, 4) is 0 Å². The van der Waals surface area contributed by atoms with Crippen LogP contribution in [0, 0.1) is 11.3 Å². The van der Waals surface area contributed by atoms with Crippen molar-refractivity contribution in [3.63, 3.8) is 0 Å². The van der Waals surface area contributed by atoms with Crippen molar-refractivity contribution in [2.45, 2.75) is 122 Å². The molecule has 0 nitrogen and oxygen atoms in total. The van der Waals surface area contributed by atoms with Gasteiger partial charge in [-0.3, -0.25) is 0 Å². The molecule has 0 bridgehead atoms. The average Bonchev–Trinajstić information content (AvgIpc) is 2.69. The number of hydrogen-bond donors (Lipinski definition) is 0. The van der Waals surface area contributed by atoms with Crippen LogP contribution in [-0.2, 0) is 0 Å². The minimum atomic E-state index is 0.347. The van der Waals surface area contributed by atoms with Gasteiger partial charge >= 0.3 is 0 Å². The summed E-state index contributed by atoms with van der Waals surface area (Å²) >= 11 is 0. The predicted octanol–water partition coefficient (Wildman–Crippen LogP) is 10.7. The van der Waals surface area contributed by atoms with Crippen LogP contribution in [-0.4, -0.2) is 0 Å². The molecule has 1 atom stereocenters. The third-order valence-corrected chi connectivity index (χ3v) is 4.85. The van der Waals surface area contributed by atoms with Gasteiger partial charge in [-0.15, -0.1) is 6.58 Å². The molecule has 0 aromatic carbocycles. The lowest BCUT2D eigenvalue weighted by molar-refractivity contribution is 0.463. The van der Waals surface area contributed by atoms with Crippen LogP contribution in [0.3, 0.4) is 0 Å². The molecule has 168 valence electrons. The molecule has 0 aliphatic heterocycles. The lowest BCUT2D eigenvalue weighted by Crippen LogP contribution is -2.02. The third-order valence-electron chi connectivity index (χ3n) is 4.85. The first-order valence-electron chi connectivity index (χ1n) is 11.6. The molecule has 0 heteroatoms. The van der Waals surface area contributed by atoms with E-state index in [1.807, 2.05) is 6.08 Å². The molecule has 0 amide bonds. The van der Waals surface area contributed by atoms with Gasteiger partial charge in [-0.1, -0.05) is 110 Å². The smallest absolute Gasteiger partial charge is 0.0180 e. The molecule has 0 aromatic rings. The summed E-state index contributed by atoms with van der Waals surface area (Å²) in [5.74, 6) is 0.769. The molecule has 0 spiro atoms. The Morgan fingerprint density at radius 1 is 0.857 bits per heavy atom. The fourth-order valence-electron chi connectivity index (χ4n) is 1.59. The normalized spacial score (nSPS) is 12.7. The minimum absolute atomic E-state index is 0.347. The van der Waals surface area contributed by atoms with Gasteiger partial charge in [-0.25, -0.2) is 0 Å². The summed E-state index contributed by atoms with van der Waals surface area (Å²) in [4.78, 5) is 0. The highest BCUT2D eigenvalue weighted by Crippen LogP contribution is 2.19. The molecular weight excluding hydrogens is 336 g/mol. The molecule has 0 saturated heterocycles. The second-order valence-electron chi connectivity index (χ2n) is 8.08. The van der Waals surface area contributed by atoms with Gasteiger partial charge in [-0.2, -0.15) is 0 Å². The summed E-state index contributed by atoms with van der Waals surface area (Å²) in [5.41, 5.74) is 3.35. The van der Waals surface area contributed by atoms with Crippen LogP contribution in [0.1, 0.15) is 122 Å². The largest absolute Gasteiger partial charge is 0.103 e. The molecule has 0 aliphatic rings. The topological polar surface area (TPSA) is 0 Å². The predicted molar refractivity (Wildman–Crippen MR) is 137 cm³/mol. The molecule has 0 aliphatic carbocycles.